The van der Waals surface area contributed by atoms with E-state index in [9.17, 15) is 14.4 Å². The van der Waals surface area contributed by atoms with Gasteiger partial charge in [0.1, 0.15) is 12.4 Å². The number of carbonyl (C=O) groups excluding carboxylic acids is 2. The van der Waals surface area contributed by atoms with Crippen molar-refractivity contribution in [2.45, 2.75) is 25.4 Å². The number of carboxylic acids is 1. The second-order valence-corrected chi connectivity index (χ2v) is 4.19. The van der Waals surface area contributed by atoms with Crippen LogP contribution in [0.4, 0.5) is 4.79 Å². The van der Waals surface area contributed by atoms with Crippen LogP contribution in [0.2, 0.25) is 0 Å². The minimum absolute atomic E-state index is 0.0562. The third kappa shape index (κ3) is 5.47. The highest BCUT2D eigenvalue weighted by molar-refractivity contribution is 5.83. The number of esters is 1. The normalized spacial score (nSPS) is 11.5. The molecule has 1 atom stereocenters. The van der Waals surface area contributed by atoms with E-state index in [2.05, 4.69) is 25.6 Å². The molecule has 116 valence electrons. The quantitative estimate of drug-likeness (QED) is 0.550. The third-order valence-corrected chi connectivity index (χ3v) is 2.68. The first-order valence-corrected chi connectivity index (χ1v) is 6.11. The lowest BCUT2D eigenvalue weighted by Crippen LogP contribution is -2.46. The van der Waals surface area contributed by atoms with Gasteiger partial charge in [-0.15, -0.1) is 10.2 Å². The van der Waals surface area contributed by atoms with E-state index in [1.54, 1.807) is 11.6 Å². The first-order valence-electron chi connectivity index (χ1n) is 6.11. The van der Waals surface area contributed by atoms with Crippen molar-refractivity contribution in [2.24, 2.45) is 7.05 Å². The number of amides is 2. The van der Waals surface area contributed by atoms with E-state index in [4.69, 9.17) is 5.11 Å². The summed E-state index contributed by atoms with van der Waals surface area (Å²) < 4.78 is 6.03. The Balaban J connectivity index is 2.43. The number of hydrogen-bond acceptors (Lipinski definition) is 6. The molecular weight excluding hydrogens is 282 g/mol. The maximum absolute atomic E-state index is 11.6. The van der Waals surface area contributed by atoms with Crippen LogP contribution in [-0.4, -0.2) is 51.0 Å². The van der Waals surface area contributed by atoms with Crippen molar-refractivity contribution < 1.29 is 24.2 Å². The van der Waals surface area contributed by atoms with Crippen molar-refractivity contribution in [3.8, 4) is 0 Å². The smallest absolute Gasteiger partial charge is 0.326 e. The number of hydrogen-bond donors (Lipinski definition) is 3. The number of carbonyl (C=O) groups is 3. The van der Waals surface area contributed by atoms with Crippen LogP contribution in [0.1, 0.15) is 18.7 Å². The highest BCUT2D eigenvalue weighted by atomic mass is 16.5. The zero-order valence-corrected chi connectivity index (χ0v) is 11.7. The number of rotatable bonds is 7. The molecule has 0 fully saturated rings. The molecule has 1 aromatic heterocycles. The van der Waals surface area contributed by atoms with Gasteiger partial charge in [-0.05, 0) is 6.42 Å². The average molecular weight is 299 g/mol. The average Bonchev–Trinajstić information content (AvgIpc) is 2.85. The van der Waals surface area contributed by atoms with Crippen molar-refractivity contribution >= 4 is 18.0 Å². The zero-order valence-electron chi connectivity index (χ0n) is 11.7. The van der Waals surface area contributed by atoms with Crippen molar-refractivity contribution in [3.63, 3.8) is 0 Å². The highest BCUT2D eigenvalue weighted by Gasteiger charge is 2.21. The first-order chi connectivity index (χ1) is 9.93. The molecule has 10 nitrogen and oxygen atoms in total. The molecule has 2 amide bonds. The molecule has 1 heterocycles. The maximum Gasteiger partial charge on any atom is 0.326 e. The lowest BCUT2D eigenvalue weighted by atomic mass is 10.1. The fraction of sp³-hybridized carbons (Fsp3) is 0.545. The van der Waals surface area contributed by atoms with Crippen molar-refractivity contribution in [1.29, 1.82) is 0 Å². The van der Waals surface area contributed by atoms with Gasteiger partial charge in [-0.25, -0.2) is 9.59 Å². The summed E-state index contributed by atoms with van der Waals surface area (Å²) in [6.45, 7) is 0.103. The van der Waals surface area contributed by atoms with Gasteiger partial charge >= 0.3 is 18.0 Å². The SMILES string of the molecule is COC(=O)CC[C@@H](NC(=O)NCc1nncn1C)C(=O)O. The number of aryl methyl sites for hydroxylation is 1. The molecule has 0 radical (unpaired) electrons. The number of methoxy groups -OCH3 is 1. The molecule has 1 rings (SSSR count). The van der Waals surface area contributed by atoms with Crippen LogP contribution < -0.4 is 10.6 Å². The van der Waals surface area contributed by atoms with E-state index in [-0.39, 0.29) is 19.4 Å². The Labute approximate surface area is 120 Å². The number of urea groups is 1. The second kappa shape index (κ2) is 7.82. The van der Waals surface area contributed by atoms with Crippen LogP contribution >= 0.6 is 0 Å². The van der Waals surface area contributed by atoms with Crippen molar-refractivity contribution in [3.05, 3.63) is 12.2 Å². The Morgan fingerprint density at radius 3 is 2.71 bits per heavy atom. The minimum atomic E-state index is -1.23. The molecule has 0 aliphatic heterocycles. The largest absolute Gasteiger partial charge is 0.480 e. The van der Waals surface area contributed by atoms with E-state index >= 15 is 0 Å². The molecule has 0 saturated carbocycles. The molecule has 0 aliphatic carbocycles. The van der Waals surface area contributed by atoms with E-state index in [0.717, 1.165) is 0 Å². The van der Waals surface area contributed by atoms with Gasteiger partial charge in [0.2, 0.25) is 0 Å². The Kier molecular flexibility index (Phi) is 6.11. The molecule has 0 unspecified atom stereocenters. The van der Waals surface area contributed by atoms with Crippen molar-refractivity contribution in [1.82, 2.24) is 25.4 Å². The molecule has 0 spiro atoms. The molecule has 0 bridgehead atoms. The van der Waals surface area contributed by atoms with Crippen molar-refractivity contribution in [2.75, 3.05) is 7.11 Å². The number of carboxylic acid groups (broad SMARTS) is 1. The molecule has 0 aliphatic rings. The fourth-order valence-electron chi connectivity index (χ4n) is 1.46. The van der Waals surface area contributed by atoms with Crippen LogP contribution in [0.25, 0.3) is 0 Å². The number of aromatic nitrogens is 3. The molecule has 0 saturated heterocycles. The molecule has 10 heteroatoms. The number of nitrogens with one attached hydrogen (secondary N) is 2. The summed E-state index contributed by atoms with van der Waals surface area (Å²) in [6, 6.07) is -1.85. The van der Waals surface area contributed by atoms with Crippen LogP contribution in [0.15, 0.2) is 6.33 Å². The van der Waals surface area contributed by atoms with Gasteiger partial charge in [0.05, 0.1) is 13.7 Å². The number of aliphatic carboxylic acids is 1. The van der Waals surface area contributed by atoms with Crippen LogP contribution in [0.5, 0.6) is 0 Å². The Morgan fingerprint density at radius 1 is 1.48 bits per heavy atom. The summed E-state index contributed by atoms with van der Waals surface area (Å²) in [5.74, 6) is -1.25. The second-order valence-electron chi connectivity index (χ2n) is 4.19. The Hall–Kier alpha value is -2.65. The van der Waals surface area contributed by atoms with E-state index in [1.807, 2.05) is 0 Å². The van der Waals surface area contributed by atoms with Gasteiger partial charge in [0, 0.05) is 13.5 Å². The van der Waals surface area contributed by atoms with E-state index < -0.39 is 24.0 Å². The first kappa shape index (κ1) is 16.4. The molecule has 1 aromatic rings. The fourth-order valence-corrected chi connectivity index (χ4v) is 1.46. The summed E-state index contributed by atoms with van der Waals surface area (Å²) in [5, 5.41) is 21.1. The van der Waals surface area contributed by atoms with Gasteiger partial charge in [-0.1, -0.05) is 0 Å². The molecule has 0 aromatic carbocycles. The van der Waals surface area contributed by atoms with Crippen LogP contribution in [-0.2, 0) is 27.9 Å². The lowest BCUT2D eigenvalue weighted by molar-refractivity contribution is -0.142. The summed E-state index contributed by atoms with van der Waals surface area (Å²) in [6.07, 6.45) is 1.32. The number of ether oxygens (including phenoxy) is 1. The maximum atomic E-state index is 11.6. The zero-order chi connectivity index (χ0) is 15.8. The van der Waals surface area contributed by atoms with Gasteiger partial charge in [0.15, 0.2) is 5.82 Å². The van der Waals surface area contributed by atoms with Crippen LogP contribution in [0, 0.1) is 0 Å². The molecular formula is C11H17N5O5. The Morgan fingerprint density at radius 2 is 2.19 bits per heavy atom. The predicted molar refractivity (Wildman–Crippen MR) is 69.0 cm³/mol. The monoisotopic (exact) mass is 299 g/mol. The van der Waals surface area contributed by atoms with Crippen LogP contribution in [0.3, 0.4) is 0 Å². The summed E-state index contributed by atoms with van der Waals surface area (Å²) in [7, 11) is 2.92. The van der Waals surface area contributed by atoms with Gasteiger partial charge in [-0.2, -0.15) is 0 Å². The summed E-state index contributed by atoms with van der Waals surface area (Å²) in [5.41, 5.74) is 0. The molecule has 21 heavy (non-hydrogen) atoms. The lowest BCUT2D eigenvalue weighted by Gasteiger charge is -2.14. The third-order valence-electron chi connectivity index (χ3n) is 2.68. The van der Waals surface area contributed by atoms with Gasteiger partial charge in [0.25, 0.3) is 0 Å². The number of nitrogens with zero attached hydrogens (tertiary/aromatic N) is 3. The molecule has 3 N–H and O–H groups in total. The topological polar surface area (TPSA) is 135 Å². The highest BCUT2D eigenvalue weighted by Crippen LogP contribution is 2.00. The minimum Gasteiger partial charge on any atom is -0.480 e. The summed E-state index contributed by atoms with van der Waals surface area (Å²) >= 11 is 0. The van der Waals surface area contributed by atoms with E-state index in [1.165, 1.54) is 13.4 Å². The van der Waals surface area contributed by atoms with Gasteiger partial charge in [-0.3, -0.25) is 4.79 Å². The summed E-state index contributed by atoms with van der Waals surface area (Å²) in [4.78, 5) is 33.6. The standard InChI is InChI=1S/C11H17N5O5/c1-16-6-13-15-8(16)5-12-11(20)14-7(10(18)19)3-4-9(17)21-2/h6-7H,3-5H2,1-2H3,(H,18,19)(H2,12,14,20)/t7-/m1/s1. The Bertz CT molecular complexity index is 515. The van der Waals surface area contributed by atoms with E-state index in [0.29, 0.717) is 5.82 Å². The van der Waals surface area contributed by atoms with Gasteiger partial charge < -0.3 is 25.0 Å². The predicted octanol–water partition coefficient (Wildman–Crippen LogP) is -0.979.